The van der Waals surface area contributed by atoms with Gasteiger partial charge < -0.3 is 15.5 Å². The lowest BCUT2D eigenvalue weighted by Crippen LogP contribution is -2.38. The topological polar surface area (TPSA) is 69.6 Å². The first-order valence-electron chi connectivity index (χ1n) is 8.94. The number of benzene rings is 1. The van der Waals surface area contributed by atoms with Gasteiger partial charge >= 0.3 is 0 Å². The molecule has 0 fully saturated rings. The quantitative estimate of drug-likeness (QED) is 0.347. The summed E-state index contributed by atoms with van der Waals surface area (Å²) in [5, 5.41) is 5.94. The Labute approximate surface area is 182 Å². The summed E-state index contributed by atoms with van der Waals surface area (Å²) >= 11 is 0. The van der Waals surface area contributed by atoms with Crippen molar-refractivity contribution in [3.63, 3.8) is 0 Å². The van der Waals surface area contributed by atoms with Crippen molar-refractivity contribution < 1.29 is 9.18 Å². The standard InChI is InChI=1S/C20H26FN5O.HI/c1-4-22-20(26(3)14-16-6-5-7-17(21)12-16)23-11-10-19(27)25-18-9-8-15(2)13-24-18;/h5-9,12-13H,4,10-11,14H2,1-3H3,(H,22,23)(H,24,25,27);1H. The van der Waals surface area contributed by atoms with E-state index in [0.717, 1.165) is 11.1 Å². The summed E-state index contributed by atoms with van der Waals surface area (Å²) in [6.07, 6.45) is 1.96. The van der Waals surface area contributed by atoms with Gasteiger partial charge in [-0.3, -0.25) is 9.79 Å². The second kappa shape index (κ2) is 12.3. The molecule has 1 aromatic carbocycles. The lowest BCUT2D eigenvalue weighted by molar-refractivity contribution is -0.116. The van der Waals surface area contributed by atoms with Gasteiger partial charge in [-0.05, 0) is 43.2 Å². The molecule has 28 heavy (non-hydrogen) atoms. The van der Waals surface area contributed by atoms with Crippen molar-refractivity contribution in [1.82, 2.24) is 15.2 Å². The Morgan fingerprint density at radius 3 is 2.71 bits per heavy atom. The number of nitrogens with one attached hydrogen (secondary N) is 2. The smallest absolute Gasteiger partial charge is 0.227 e. The van der Waals surface area contributed by atoms with Gasteiger partial charge in [-0.25, -0.2) is 9.37 Å². The van der Waals surface area contributed by atoms with Crippen LogP contribution in [0.2, 0.25) is 0 Å². The van der Waals surface area contributed by atoms with Gasteiger partial charge in [-0.15, -0.1) is 24.0 Å². The van der Waals surface area contributed by atoms with Crippen LogP contribution in [0.5, 0.6) is 0 Å². The van der Waals surface area contributed by atoms with E-state index in [-0.39, 0.29) is 42.1 Å². The minimum absolute atomic E-state index is 0. The fourth-order valence-corrected chi connectivity index (χ4v) is 2.46. The Morgan fingerprint density at radius 1 is 1.29 bits per heavy atom. The average Bonchev–Trinajstić information content (AvgIpc) is 2.63. The van der Waals surface area contributed by atoms with E-state index in [2.05, 4.69) is 20.6 Å². The number of nitrogens with zero attached hydrogens (tertiary/aromatic N) is 3. The number of amides is 1. The van der Waals surface area contributed by atoms with Crippen molar-refractivity contribution in [2.24, 2.45) is 4.99 Å². The molecule has 0 aliphatic carbocycles. The van der Waals surface area contributed by atoms with Gasteiger partial charge in [0.15, 0.2) is 5.96 Å². The van der Waals surface area contributed by atoms with Gasteiger partial charge in [0, 0.05) is 32.8 Å². The molecule has 0 saturated heterocycles. The second-order valence-corrected chi connectivity index (χ2v) is 6.24. The molecule has 2 rings (SSSR count). The van der Waals surface area contributed by atoms with Gasteiger partial charge in [0.2, 0.25) is 5.91 Å². The molecule has 2 aromatic rings. The van der Waals surface area contributed by atoms with Crippen LogP contribution in [0.15, 0.2) is 47.6 Å². The van der Waals surface area contributed by atoms with Crippen molar-refractivity contribution in [3.8, 4) is 0 Å². The average molecular weight is 499 g/mol. The van der Waals surface area contributed by atoms with E-state index in [1.165, 1.54) is 12.1 Å². The first-order valence-corrected chi connectivity index (χ1v) is 8.94. The monoisotopic (exact) mass is 499 g/mol. The highest BCUT2D eigenvalue weighted by atomic mass is 127. The summed E-state index contributed by atoms with van der Waals surface area (Å²) in [5.74, 6) is 0.802. The number of hydrogen-bond acceptors (Lipinski definition) is 3. The SMILES string of the molecule is CCNC(=NCCC(=O)Nc1ccc(C)cn1)N(C)Cc1cccc(F)c1.I. The van der Waals surface area contributed by atoms with E-state index >= 15 is 0 Å². The highest BCUT2D eigenvalue weighted by Gasteiger charge is 2.08. The predicted molar refractivity (Wildman–Crippen MR) is 121 cm³/mol. The van der Waals surface area contributed by atoms with Crippen molar-refractivity contribution in [2.75, 3.05) is 25.5 Å². The van der Waals surface area contributed by atoms with Crippen LogP contribution in [-0.4, -0.2) is 41.9 Å². The number of guanidine groups is 1. The van der Waals surface area contributed by atoms with E-state index in [9.17, 15) is 9.18 Å². The molecule has 0 saturated carbocycles. The zero-order valence-corrected chi connectivity index (χ0v) is 18.7. The second-order valence-electron chi connectivity index (χ2n) is 6.24. The number of hydrogen-bond donors (Lipinski definition) is 2. The van der Waals surface area contributed by atoms with Crippen LogP contribution in [-0.2, 0) is 11.3 Å². The van der Waals surface area contributed by atoms with Crippen molar-refractivity contribution in [1.29, 1.82) is 0 Å². The molecule has 0 radical (unpaired) electrons. The number of aliphatic imine (C=N–C) groups is 1. The maximum atomic E-state index is 13.3. The van der Waals surface area contributed by atoms with E-state index in [4.69, 9.17) is 0 Å². The summed E-state index contributed by atoms with van der Waals surface area (Å²) < 4.78 is 13.3. The number of carbonyl (C=O) groups excluding carboxylic acids is 1. The zero-order chi connectivity index (χ0) is 19.6. The zero-order valence-electron chi connectivity index (χ0n) is 16.4. The molecular weight excluding hydrogens is 472 g/mol. The molecular formula is C20H27FIN5O. The fourth-order valence-electron chi connectivity index (χ4n) is 2.46. The number of halogens is 2. The minimum atomic E-state index is -0.260. The molecule has 0 spiro atoms. The third-order valence-electron chi connectivity index (χ3n) is 3.78. The van der Waals surface area contributed by atoms with Gasteiger partial charge in [0.05, 0.1) is 6.54 Å². The third kappa shape index (κ3) is 8.20. The Kier molecular flexibility index (Phi) is 10.4. The van der Waals surface area contributed by atoms with Crippen LogP contribution in [0.4, 0.5) is 10.2 Å². The molecule has 1 amide bonds. The van der Waals surface area contributed by atoms with E-state index in [1.807, 2.05) is 37.9 Å². The van der Waals surface area contributed by atoms with Gasteiger partial charge in [0.25, 0.3) is 0 Å². The Bertz CT molecular complexity index is 782. The third-order valence-corrected chi connectivity index (χ3v) is 3.78. The van der Waals surface area contributed by atoms with Crippen molar-refractivity contribution in [3.05, 3.63) is 59.5 Å². The molecule has 1 heterocycles. The first kappa shape index (κ1) is 23.8. The van der Waals surface area contributed by atoms with E-state index in [1.54, 1.807) is 18.3 Å². The first-order chi connectivity index (χ1) is 13.0. The number of aromatic nitrogens is 1. The molecule has 0 aliphatic heterocycles. The highest BCUT2D eigenvalue weighted by molar-refractivity contribution is 14.0. The summed E-state index contributed by atoms with van der Waals surface area (Å²) in [7, 11) is 1.88. The Morgan fingerprint density at radius 2 is 2.07 bits per heavy atom. The number of rotatable bonds is 7. The summed E-state index contributed by atoms with van der Waals surface area (Å²) in [4.78, 5) is 22.6. The number of pyridine rings is 1. The van der Waals surface area contributed by atoms with E-state index < -0.39 is 0 Å². The number of carbonyl (C=O) groups is 1. The number of aryl methyl sites for hydroxylation is 1. The molecule has 1 aromatic heterocycles. The van der Waals surface area contributed by atoms with Crippen LogP contribution in [0, 0.1) is 12.7 Å². The molecule has 152 valence electrons. The van der Waals surface area contributed by atoms with E-state index in [0.29, 0.717) is 31.4 Å². The number of anilines is 1. The molecule has 2 N–H and O–H groups in total. The molecule has 0 atom stereocenters. The largest absolute Gasteiger partial charge is 0.357 e. The molecule has 0 bridgehead atoms. The summed E-state index contributed by atoms with van der Waals surface area (Å²) in [5.41, 5.74) is 1.89. The van der Waals surface area contributed by atoms with Crippen LogP contribution in [0.3, 0.4) is 0 Å². The lowest BCUT2D eigenvalue weighted by Gasteiger charge is -2.22. The minimum Gasteiger partial charge on any atom is -0.357 e. The summed E-state index contributed by atoms with van der Waals surface area (Å²) in [6.45, 7) is 5.47. The van der Waals surface area contributed by atoms with Crippen LogP contribution in [0.1, 0.15) is 24.5 Å². The van der Waals surface area contributed by atoms with Gasteiger partial charge in [-0.2, -0.15) is 0 Å². The Balaban J connectivity index is 0.00000392. The maximum Gasteiger partial charge on any atom is 0.227 e. The van der Waals surface area contributed by atoms with Crippen LogP contribution >= 0.6 is 24.0 Å². The van der Waals surface area contributed by atoms with Crippen LogP contribution in [0.25, 0.3) is 0 Å². The highest BCUT2D eigenvalue weighted by Crippen LogP contribution is 2.07. The Hall–Kier alpha value is -2.23. The van der Waals surface area contributed by atoms with Gasteiger partial charge in [-0.1, -0.05) is 18.2 Å². The molecule has 0 aliphatic rings. The normalized spacial score (nSPS) is 10.8. The lowest BCUT2D eigenvalue weighted by atomic mass is 10.2. The van der Waals surface area contributed by atoms with Crippen molar-refractivity contribution >= 4 is 41.7 Å². The molecule has 0 unspecified atom stereocenters. The molecule has 6 nitrogen and oxygen atoms in total. The van der Waals surface area contributed by atoms with Gasteiger partial charge in [0.1, 0.15) is 11.6 Å². The predicted octanol–water partition coefficient (Wildman–Crippen LogP) is 3.57. The van der Waals surface area contributed by atoms with Crippen molar-refractivity contribution in [2.45, 2.75) is 26.8 Å². The fraction of sp³-hybridized carbons (Fsp3) is 0.350. The summed E-state index contributed by atoms with van der Waals surface area (Å²) in [6, 6.07) is 10.1. The maximum absolute atomic E-state index is 13.3. The molecule has 8 heteroatoms. The van der Waals surface area contributed by atoms with Crippen LogP contribution < -0.4 is 10.6 Å².